The molecule has 0 saturated heterocycles. The van der Waals surface area contributed by atoms with Crippen LogP contribution in [0, 0.1) is 5.92 Å². The minimum absolute atomic E-state index is 0.150. The van der Waals surface area contributed by atoms with Crippen molar-refractivity contribution in [2.75, 3.05) is 38.9 Å². The molecule has 2 aliphatic heterocycles. The Kier molecular flexibility index (Phi) is 7.51. The molecule has 3 amide bonds. The van der Waals surface area contributed by atoms with E-state index in [1.54, 1.807) is 61.7 Å². The summed E-state index contributed by atoms with van der Waals surface area (Å²) in [5.41, 5.74) is 2.48. The van der Waals surface area contributed by atoms with Gasteiger partial charge >= 0.3 is 6.03 Å². The van der Waals surface area contributed by atoms with Crippen LogP contribution < -0.4 is 19.5 Å². The van der Waals surface area contributed by atoms with Crippen molar-refractivity contribution in [2.24, 2.45) is 5.92 Å². The van der Waals surface area contributed by atoms with Crippen LogP contribution in [0.25, 0.3) is 11.1 Å². The van der Waals surface area contributed by atoms with E-state index in [0.717, 1.165) is 11.1 Å². The van der Waals surface area contributed by atoms with E-state index in [0.29, 0.717) is 29.3 Å². The number of aromatic nitrogens is 2. The van der Waals surface area contributed by atoms with Gasteiger partial charge in [0.1, 0.15) is 11.7 Å². The van der Waals surface area contributed by atoms with Crippen molar-refractivity contribution in [1.82, 2.24) is 19.8 Å². The van der Waals surface area contributed by atoms with Gasteiger partial charge in [0.2, 0.25) is 12.7 Å². The van der Waals surface area contributed by atoms with E-state index in [9.17, 15) is 14.7 Å². The number of hydrogen-bond acceptors (Lipinski definition) is 8. The van der Waals surface area contributed by atoms with Crippen LogP contribution in [-0.2, 0) is 0 Å². The van der Waals surface area contributed by atoms with Crippen molar-refractivity contribution in [3.8, 4) is 28.5 Å². The fourth-order valence-corrected chi connectivity index (χ4v) is 4.57. The summed E-state index contributed by atoms with van der Waals surface area (Å²) in [6.45, 7) is 4.29. The van der Waals surface area contributed by atoms with Crippen molar-refractivity contribution in [3.63, 3.8) is 0 Å². The average Bonchev–Trinajstić information content (AvgIpc) is 3.42. The molecule has 39 heavy (non-hydrogen) atoms. The van der Waals surface area contributed by atoms with Crippen LogP contribution in [0.4, 0.5) is 10.5 Å². The lowest BCUT2D eigenvalue weighted by Crippen LogP contribution is -2.50. The second-order valence-electron chi connectivity index (χ2n) is 9.81. The lowest BCUT2D eigenvalue weighted by molar-refractivity contribution is 0.0356. The van der Waals surface area contributed by atoms with E-state index in [2.05, 4.69) is 15.3 Å². The van der Waals surface area contributed by atoms with Crippen LogP contribution in [0.15, 0.2) is 55.0 Å². The smallest absolute Gasteiger partial charge is 0.321 e. The highest BCUT2D eigenvalue weighted by molar-refractivity contribution is 5.98. The minimum atomic E-state index is -0.475. The Labute approximate surface area is 226 Å². The molecule has 0 saturated carbocycles. The molecular weight excluding hydrogens is 502 g/mol. The zero-order chi connectivity index (χ0) is 27.5. The molecule has 2 aromatic heterocycles. The summed E-state index contributed by atoms with van der Waals surface area (Å²) in [5, 5.41) is 12.8. The number of amides is 3. The quantitative estimate of drug-likeness (QED) is 0.495. The fourth-order valence-electron chi connectivity index (χ4n) is 4.57. The molecule has 4 heterocycles. The second-order valence-corrected chi connectivity index (χ2v) is 9.81. The molecule has 11 nitrogen and oxygen atoms in total. The lowest BCUT2D eigenvalue weighted by Gasteiger charge is -2.37. The molecular formula is C28H31N5O6. The Hall–Kier alpha value is -4.38. The Morgan fingerprint density at radius 3 is 2.72 bits per heavy atom. The number of aliphatic hydroxyl groups is 1. The summed E-state index contributed by atoms with van der Waals surface area (Å²) < 4.78 is 17.0. The third kappa shape index (κ3) is 5.58. The Morgan fingerprint density at radius 2 is 1.95 bits per heavy atom. The summed E-state index contributed by atoms with van der Waals surface area (Å²) in [7, 11) is 1.68. The van der Waals surface area contributed by atoms with Gasteiger partial charge in [-0.1, -0.05) is 6.92 Å². The number of pyridine rings is 2. The number of hydrogen-bond donors (Lipinski definition) is 2. The maximum Gasteiger partial charge on any atom is 0.321 e. The molecule has 0 aliphatic carbocycles. The number of rotatable bonds is 6. The van der Waals surface area contributed by atoms with Gasteiger partial charge in [0.05, 0.1) is 19.2 Å². The Balaban J connectivity index is 1.38. The van der Waals surface area contributed by atoms with Crippen LogP contribution in [0.3, 0.4) is 0 Å². The minimum Gasteiger partial charge on any atom is -0.472 e. The van der Waals surface area contributed by atoms with Gasteiger partial charge in [-0.05, 0) is 42.8 Å². The third-order valence-electron chi connectivity index (χ3n) is 6.96. The third-order valence-corrected chi connectivity index (χ3v) is 6.96. The summed E-state index contributed by atoms with van der Waals surface area (Å²) in [5.74, 6) is 0.957. The predicted octanol–water partition coefficient (Wildman–Crippen LogP) is 3.26. The summed E-state index contributed by atoms with van der Waals surface area (Å²) in [6.07, 6.45) is 4.53. The highest BCUT2D eigenvalue weighted by Crippen LogP contribution is 2.34. The summed E-state index contributed by atoms with van der Waals surface area (Å²) in [6, 6.07) is 9.88. The van der Waals surface area contributed by atoms with Gasteiger partial charge in [-0.15, -0.1) is 0 Å². The summed E-state index contributed by atoms with van der Waals surface area (Å²) >= 11 is 0. The molecule has 2 aliphatic rings. The normalized spacial score (nSPS) is 18.9. The molecule has 0 unspecified atom stereocenters. The number of anilines is 1. The Morgan fingerprint density at radius 1 is 1.18 bits per heavy atom. The molecule has 2 N–H and O–H groups in total. The molecule has 0 spiro atoms. The van der Waals surface area contributed by atoms with Crippen LogP contribution in [0.5, 0.6) is 17.4 Å². The first-order valence-electron chi connectivity index (χ1n) is 12.7. The molecule has 0 radical (unpaired) electrons. The van der Waals surface area contributed by atoms with E-state index in [-0.39, 0.29) is 43.7 Å². The number of carbonyl (C=O) groups is 2. The van der Waals surface area contributed by atoms with E-state index >= 15 is 0 Å². The van der Waals surface area contributed by atoms with Crippen LogP contribution in [0.1, 0.15) is 24.2 Å². The average molecular weight is 534 g/mol. The molecule has 204 valence electrons. The van der Waals surface area contributed by atoms with Crippen molar-refractivity contribution in [1.29, 1.82) is 0 Å². The molecule has 3 aromatic rings. The molecule has 11 heteroatoms. The number of urea groups is 1. The number of fused-ring (bicyclic) bond motifs is 2. The van der Waals surface area contributed by atoms with E-state index in [1.165, 1.54) is 4.90 Å². The maximum absolute atomic E-state index is 13.6. The van der Waals surface area contributed by atoms with Crippen molar-refractivity contribution in [3.05, 3.63) is 60.6 Å². The number of nitrogens with one attached hydrogen (secondary N) is 1. The summed E-state index contributed by atoms with van der Waals surface area (Å²) in [4.78, 5) is 38.4. The first-order valence-corrected chi connectivity index (χ1v) is 12.7. The van der Waals surface area contributed by atoms with Crippen molar-refractivity contribution in [2.45, 2.75) is 26.0 Å². The highest BCUT2D eigenvalue weighted by atomic mass is 16.7. The largest absolute Gasteiger partial charge is 0.472 e. The first kappa shape index (κ1) is 26.2. The van der Waals surface area contributed by atoms with E-state index in [4.69, 9.17) is 14.2 Å². The van der Waals surface area contributed by atoms with Crippen LogP contribution >= 0.6 is 0 Å². The topological polar surface area (TPSA) is 126 Å². The van der Waals surface area contributed by atoms with Gasteiger partial charge in [-0.2, -0.15) is 0 Å². The Bertz CT molecular complexity index is 1350. The van der Waals surface area contributed by atoms with Crippen LogP contribution in [0.2, 0.25) is 0 Å². The monoisotopic (exact) mass is 533 g/mol. The van der Waals surface area contributed by atoms with Gasteiger partial charge in [-0.3, -0.25) is 9.78 Å². The number of ether oxygens (including phenoxy) is 3. The molecule has 0 fully saturated rings. The maximum atomic E-state index is 13.6. The standard InChI is InChI=1S/C28H31N5O6/c1-17-13-33(18(2)15-34)27(35)22-10-20(19-6-8-29-9-7-19)12-30-26(22)39-25(17)14-32(3)28(36)31-21-4-5-23-24(11-21)38-16-37-23/h4-12,17-18,25,34H,13-16H2,1-3H3,(H,31,36)/t17-,18-,25-/m0/s1. The van der Waals surface area contributed by atoms with Gasteiger partial charge in [0.25, 0.3) is 5.91 Å². The van der Waals surface area contributed by atoms with Gasteiger partial charge < -0.3 is 34.4 Å². The zero-order valence-corrected chi connectivity index (χ0v) is 22.0. The van der Waals surface area contributed by atoms with Crippen molar-refractivity contribution < 1.29 is 28.9 Å². The van der Waals surface area contributed by atoms with Crippen LogP contribution in [-0.4, -0.2) is 82.5 Å². The van der Waals surface area contributed by atoms with Gasteiger partial charge in [-0.25, -0.2) is 9.78 Å². The molecule has 3 atom stereocenters. The highest BCUT2D eigenvalue weighted by Gasteiger charge is 2.35. The second kappa shape index (κ2) is 11.2. The zero-order valence-electron chi connectivity index (χ0n) is 22.0. The predicted molar refractivity (Wildman–Crippen MR) is 143 cm³/mol. The number of benzene rings is 1. The fraction of sp³-hybridized carbons (Fsp3) is 0.357. The van der Waals surface area contributed by atoms with Crippen molar-refractivity contribution >= 4 is 17.6 Å². The van der Waals surface area contributed by atoms with E-state index in [1.807, 2.05) is 19.1 Å². The van der Waals surface area contributed by atoms with Gasteiger partial charge in [0, 0.05) is 55.4 Å². The number of nitrogens with zero attached hydrogens (tertiary/aromatic N) is 4. The lowest BCUT2D eigenvalue weighted by atomic mass is 9.99. The molecule has 1 aromatic carbocycles. The van der Waals surface area contributed by atoms with E-state index < -0.39 is 12.1 Å². The molecule has 5 rings (SSSR count). The number of likely N-dealkylation sites (N-methyl/N-ethyl adjacent to an activating group) is 1. The van der Waals surface area contributed by atoms with Gasteiger partial charge in [0.15, 0.2) is 11.5 Å². The molecule has 0 bridgehead atoms. The SMILES string of the molecule is C[C@H]1CN([C@@H](C)CO)C(=O)c2cc(-c3ccncc3)cnc2O[C@H]1CN(C)C(=O)Nc1ccc2c(c1)OCO2. The number of aliphatic hydroxyl groups excluding tert-OH is 1. The number of carbonyl (C=O) groups excluding carboxylic acids is 2. The first-order chi connectivity index (χ1) is 18.8.